The monoisotopic (exact) mass is 253 g/mol. The van der Waals surface area contributed by atoms with Crippen LogP contribution in [0.3, 0.4) is 0 Å². The number of carbonyl (C=O) groups excluding carboxylic acids is 2. The Hall–Kier alpha value is -1.43. The molecule has 2 unspecified atom stereocenters. The molecule has 0 aromatic heterocycles. The standard InChI is InChI=1S/C12H19N3O3/c1-2-10-8(5-6-18-10)7-13-12(17)9-3-4-11(16)15-14-9/h8,10H,2-7H2,1H3,(H,13,17)(H,15,16). The van der Waals surface area contributed by atoms with Gasteiger partial charge in [-0.3, -0.25) is 9.59 Å². The summed E-state index contributed by atoms with van der Waals surface area (Å²) in [7, 11) is 0. The lowest BCUT2D eigenvalue weighted by Crippen LogP contribution is -2.40. The van der Waals surface area contributed by atoms with Crippen molar-refractivity contribution in [2.75, 3.05) is 13.2 Å². The van der Waals surface area contributed by atoms with Crippen LogP contribution in [0, 0.1) is 5.92 Å². The number of rotatable bonds is 4. The van der Waals surface area contributed by atoms with E-state index in [-0.39, 0.29) is 17.9 Å². The van der Waals surface area contributed by atoms with Crippen molar-refractivity contribution in [1.29, 1.82) is 0 Å². The van der Waals surface area contributed by atoms with Crippen LogP contribution >= 0.6 is 0 Å². The summed E-state index contributed by atoms with van der Waals surface area (Å²) in [6.07, 6.45) is 2.95. The predicted octanol–water partition coefficient (Wildman–Crippen LogP) is 0.184. The van der Waals surface area contributed by atoms with Crippen LogP contribution in [0.4, 0.5) is 0 Å². The van der Waals surface area contributed by atoms with Gasteiger partial charge in [0.15, 0.2) is 0 Å². The third-order valence-corrected chi connectivity index (χ3v) is 3.44. The highest BCUT2D eigenvalue weighted by Gasteiger charge is 2.27. The third kappa shape index (κ3) is 3.07. The van der Waals surface area contributed by atoms with Gasteiger partial charge in [0.05, 0.1) is 6.10 Å². The second-order valence-electron chi connectivity index (χ2n) is 4.67. The molecule has 2 aliphatic heterocycles. The van der Waals surface area contributed by atoms with Crippen LogP contribution in [0.5, 0.6) is 0 Å². The molecule has 18 heavy (non-hydrogen) atoms. The largest absolute Gasteiger partial charge is 0.378 e. The van der Waals surface area contributed by atoms with E-state index in [1.807, 2.05) is 0 Å². The molecular formula is C12H19N3O3. The summed E-state index contributed by atoms with van der Waals surface area (Å²) in [5.41, 5.74) is 2.73. The van der Waals surface area contributed by atoms with Crippen LogP contribution in [0.25, 0.3) is 0 Å². The molecule has 1 fully saturated rings. The fourth-order valence-electron chi connectivity index (χ4n) is 2.34. The van der Waals surface area contributed by atoms with Crippen molar-refractivity contribution in [2.24, 2.45) is 11.0 Å². The zero-order valence-electron chi connectivity index (χ0n) is 10.6. The zero-order chi connectivity index (χ0) is 13.0. The minimum absolute atomic E-state index is 0.137. The highest BCUT2D eigenvalue weighted by atomic mass is 16.5. The number of amides is 2. The Morgan fingerprint density at radius 1 is 1.56 bits per heavy atom. The smallest absolute Gasteiger partial charge is 0.267 e. The highest BCUT2D eigenvalue weighted by Crippen LogP contribution is 2.22. The normalized spacial score (nSPS) is 27.6. The van der Waals surface area contributed by atoms with Crippen molar-refractivity contribution in [3.05, 3.63) is 0 Å². The first-order valence-corrected chi connectivity index (χ1v) is 6.46. The Morgan fingerprint density at radius 2 is 2.39 bits per heavy atom. The topological polar surface area (TPSA) is 79.8 Å². The molecule has 0 bridgehead atoms. The molecule has 6 heteroatoms. The van der Waals surface area contributed by atoms with E-state index < -0.39 is 0 Å². The van der Waals surface area contributed by atoms with Gasteiger partial charge in [-0.15, -0.1) is 0 Å². The first-order valence-electron chi connectivity index (χ1n) is 6.46. The van der Waals surface area contributed by atoms with Gasteiger partial charge in [0, 0.05) is 31.9 Å². The number of nitrogens with zero attached hydrogens (tertiary/aromatic N) is 1. The van der Waals surface area contributed by atoms with Crippen LogP contribution in [-0.4, -0.2) is 36.8 Å². The Bertz CT molecular complexity index is 368. The molecule has 0 radical (unpaired) electrons. The molecule has 2 heterocycles. The van der Waals surface area contributed by atoms with Gasteiger partial charge >= 0.3 is 0 Å². The molecule has 6 nitrogen and oxygen atoms in total. The molecule has 100 valence electrons. The molecule has 0 aromatic carbocycles. The van der Waals surface area contributed by atoms with Gasteiger partial charge in [0.2, 0.25) is 5.91 Å². The van der Waals surface area contributed by atoms with E-state index in [0.717, 1.165) is 19.4 Å². The van der Waals surface area contributed by atoms with Crippen molar-refractivity contribution in [1.82, 2.24) is 10.7 Å². The lowest BCUT2D eigenvalue weighted by molar-refractivity contribution is -0.121. The first-order chi connectivity index (χ1) is 8.70. The molecule has 2 N–H and O–H groups in total. The van der Waals surface area contributed by atoms with Crippen LogP contribution in [0.15, 0.2) is 5.10 Å². The summed E-state index contributed by atoms with van der Waals surface area (Å²) < 4.78 is 5.57. The van der Waals surface area contributed by atoms with E-state index >= 15 is 0 Å². The summed E-state index contributed by atoms with van der Waals surface area (Å²) in [5.74, 6) is 0.0660. The van der Waals surface area contributed by atoms with Crippen molar-refractivity contribution in [3.8, 4) is 0 Å². The number of hydrazone groups is 1. The lowest BCUT2D eigenvalue weighted by atomic mass is 9.99. The van der Waals surface area contributed by atoms with Gasteiger partial charge in [0.1, 0.15) is 5.71 Å². The summed E-state index contributed by atoms with van der Waals surface area (Å²) >= 11 is 0. The van der Waals surface area contributed by atoms with Crippen molar-refractivity contribution >= 4 is 17.5 Å². The molecule has 2 aliphatic rings. The van der Waals surface area contributed by atoms with E-state index in [2.05, 4.69) is 22.8 Å². The van der Waals surface area contributed by atoms with Crippen LogP contribution in [-0.2, 0) is 14.3 Å². The number of ether oxygens (including phenoxy) is 1. The average Bonchev–Trinajstić information content (AvgIpc) is 2.84. The van der Waals surface area contributed by atoms with Crippen LogP contribution in [0.2, 0.25) is 0 Å². The average molecular weight is 253 g/mol. The fraction of sp³-hybridized carbons (Fsp3) is 0.750. The quantitative estimate of drug-likeness (QED) is 0.750. The molecule has 1 saturated heterocycles. The van der Waals surface area contributed by atoms with E-state index in [1.54, 1.807) is 0 Å². The molecule has 0 aliphatic carbocycles. The van der Waals surface area contributed by atoms with Gasteiger partial charge < -0.3 is 10.1 Å². The Balaban J connectivity index is 1.79. The maximum absolute atomic E-state index is 11.8. The van der Waals surface area contributed by atoms with Gasteiger partial charge in [-0.2, -0.15) is 5.10 Å². The number of nitrogens with one attached hydrogen (secondary N) is 2. The summed E-state index contributed by atoms with van der Waals surface area (Å²) in [5, 5.41) is 6.64. The Kier molecular flexibility index (Phi) is 4.30. The minimum atomic E-state index is -0.184. The van der Waals surface area contributed by atoms with Gasteiger partial charge in [-0.05, 0) is 12.8 Å². The molecule has 0 spiro atoms. The van der Waals surface area contributed by atoms with E-state index in [0.29, 0.717) is 31.0 Å². The van der Waals surface area contributed by atoms with Gasteiger partial charge in [0.25, 0.3) is 5.91 Å². The SMILES string of the molecule is CCC1OCCC1CNC(=O)C1=NNC(=O)CC1. The fourth-order valence-corrected chi connectivity index (χ4v) is 2.34. The van der Waals surface area contributed by atoms with Gasteiger partial charge in [-0.25, -0.2) is 5.43 Å². The maximum Gasteiger partial charge on any atom is 0.267 e. The first kappa shape index (κ1) is 13.0. The molecule has 0 aromatic rings. The number of hydrogen-bond donors (Lipinski definition) is 2. The molecule has 2 rings (SSSR count). The minimum Gasteiger partial charge on any atom is -0.378 e. The summed E-state index contributed by atoms with van der Waals surface area (Å²) in [4.78, 5) is 22.7. The third-order valence-electron chi connectivity index (χ3n) is 3.44. The maximum atomic E-state index is 11.8. The van der Waals surface area contributed by atoms with E-state index in [4.69, 9.17) is 4.74 Å². The lowest BCUT2D eigenvalue weighted by Gasteiger charge is -2.18. The predicted molar refractivity (Wildman–Crippen MR) is 66.0 cm³/mol. The molecule has 0 saturated carbocycles. The van der Waals surface area contributed by atoms with Gasteiger partial charge in [-0.1, -0.05) is 6.92 Å². The zero-order valence-corrected chi connectivity index (χ0v) is 10.6. The van der Waals surface area contributed by atoms with Crippen molar-refractivity contribution < 1.29 is 14.3 Å². The van der Waals surface area contributed by atoms with E-state index in [1.165, 1.54) is 0 Å². The molecule has 2 amide bonds. The van der Waals surface area contributed by atoms with Crippen LogP contribution in [0.1, 0.15) is 32.6 Å². The van der Waals surface area contributed by atoms with Crippen molar-refractivity contribution in [2.45, 2.75) is 38.7 Å². The second kappa shape index (κ2) is 5.95. The highest BCUT2D eigenvalue weighted by molar-refractivity contribution is 6.39. The molecule has 2 atom stereocenters. The van der Waals surface area contributed by atoms with Crippen molar-refractivity contribution in [3.63, 3.8) is 0 Å². The number of hydrogen-bond acceptors (Lipinski definition) is 4. The molecular weight excluding hydrogens is 234 g/mol. The summed E-state index contributed by atoms with van der Waals surface area (Å²) in [6, 6.07) is 0. The number of carbonyl (C=O) groups is 2. The second-order valence-corrected chi connectivity index (χ2v) is 4.67. The summed E-state index contributed by atoms with van der Waals surface area (Å²) in [6.45, 7) is 3.48. The Labute approximate surface area is 106 Å². The van der Waals surface area contributed by atoms with E-state index in [9.17, 15) is 9.59 Å². The van der Waals surface area contributed by atoms with Crippen LogP contribution < -0.4 is 10.7 Å². The Morgan fingerprint density at radius 3 is 3.06 bits per heavy atom.